The van der Waals surface area contributed by atoms with Crippen molar-refractivity contribution >= 4 is 40.0 Å². The predicted molar refractivity (Wildman–Crippen MR) is 50.6 cm³/mol. The first-order valence-corrected chi connectivity index (χ1v) is 4.12. The number of oxime groups is 1. The minimum atomic E-state index is -0.0810. The Balaban J connectivity index is 3.26. The monoisotopic (exact) mass is 223 g/mol. The van der Waals surface area contributed by atoms with E-state index in [1.54, 1.807) is 18.2 Å². The smallest absolute Gasteiger partial charge is 0.176 e. The van der Waals surface area contributed by atoms with Crippen molar-refractivity contribution in [3.63, 3.8) is 0 Å². The van der Waals surface area contributed by atoms with Crippen LogP contribution in [-0.4, -0.2) is 10.4 Å². The van der Waals surface area contributed by atoms with Crippen molar-refractivity contribution in [1.82, 2.24) is 0 Å². The van der Waals surface area contributed by atoms with Crippen molar-refractivity contribution in [2.75, 3.05) is 0 Å². The van der Waals surface area contributed by atoms with E-state index in [0.29, 0.717) is 10.6 Å². The predicted octanol–water partition coefficient (Wildman–Crippen LogP) is 3.37. The fourth-order valence-electron chi connectivity index (χ4n) is 0.717. The fourth-order valence-corrected chi connectivity index (χ4v) is 1.31. The van der Waals surface area contributed by atoms with Gasteiger partial charge in [0, 0.05) is 5.56 Å². The van der Waals surface area contributed by atoms with Crippen LogP contribution in [0.5, 0.6) is 0 Å². The molecule has 0 spiro atoms. The van der Waals surface area contributed by atoms with Crippen molar-refractivity contribution in [3.8, 4) is 0 Å². The molecule has 0 aromatic heterocycles. The van der Waals surface area contributed by atoms with E-state index in [0.717, 1.165) is 0 Å². The Bertz CT molecular complexity index is 324. The first-order valence-electron chi connectivity index (χ1n) is 2.98. The molecule has 0 heterocycles. The van der Waals surface area contributed by atoms with Gasteiger partial charge in [0.25, 0.3) is 0 Å². The molecule has 1 rings (SSSR count). The second kappa shape index (κ2) is 3.99. The van der Waals surface area contributed by atoms with Gasteiger partial charge in [-0.05, 0) is 6.07 Å². The van der Waals surface area contributed by atoms with E-state index in [4.69, 9.17) is 40.0 Å². The van der Waals surface area contributed by atoms with Crippen LogP contribution in [0.3, 0.4) is 0 Å². The highest BCUT2D eigenvalue weighted by Gasteiger charge is 2.08. The summed E-state index contributed by atoms with van der Waals surface area (Å²) in [5.41, 5.74) is 0.410. The molecule has 0 saturated carbocycles. The van der Waals surface area contributed by atoms with Gasteiger partial charge in [-0.15, -0.1) is 0 Å². The van der Waals surface area contributed by atoms with Gasteiger partial charge in [0.05, 0.1) is 10.0 Å². The Morgan fingerprint density at radius 3 is 2.58 bits per heavy atom. The van der Waals surface area contributed by atoms with Crippen LogP contribution in [0.25, 0.3) is 0 Å². The van der Waals surface area contributed by atoms with Gasteiger partial charge < -0.3 is 5.21 Å². The van der Waals surface area contributed by atoms with Crippen LogP contribution >= 0.6 is 34.8 Å². The summed E-state index contributed by atoms with van der Waals surface area (Å²) in [6, 6.07) is 4.89. The van der Waals surface area contributed by atoms with E-state index in [2.05, 4.69) is 5.16 Å². The Kier molecular flexibility index (Phi) is 3.20. The highest BCUT2D eigenvalue weighted by molar-refractivity contribution is 6.70. The van der Waals surface area contributed by atoms with E-state index in [1.807, 2.05) is 0 Å². The van der Waals surface area contributed by atoms with E-state index >= 15 is 0 Å². The maximum atomic E-state index is 8.36. The van der Waals surface area contributed by atoms with E-state index in [1.165, 1.54) is 0 Å². The molecule has 1 aromatic carbocycles. The molecule has 64 valence electrons. The average Bonchev–Trinajstić information content (AvgIpc) is 2.08. The quantitative estimate of drug-likeness (QED) is 0.443. The van der Waals surface area contributed by atoms with Crippen LogP contribution in [0.2, 0.25) is 10.0 Å². The summed E-state index contributed by atoms with van der Waals surface area (Å²) in [6.45, 7) is 0. The number of halogens is 3. The van der Waals surface area contributed by atoms with E-state index in [9.17, 15) is 0 Å². The van der Waals surface area contributed by atoms with Crippen LogP contribution in [0.4, 0.5) is 0 Å². The molecular weight excluding hydrogens is 220 g/mol. The fraction of sp³-hybridized carbons (Fsp3) is 0. The van der Waals surface area contributed by atoms with Crippen molar-refractivity contribution in [2.24, 2.45) is 5.16 Å². The largest absolute Gasteiger partial charge is 0.410 e. The summed E-state index contributed by atoms with van der Waals surface area (Å²) in [5, 5.41) is 11.7. The molecule has 0 unspecified atom stereocenters. The Morgan fingerprint density at radius 1 is 1.33 bits per heavy atom. The lowest BCUT2D eigenvalue weighted by atomic mass is 10.2. The molecule has 0 saturated heterocycles. The van der Waals surface area contributed by atoms with Gasteiger partial charge in [-0.25, -0.2) is 0 Å². The summed E-state index contributed by atoms with van der Waals surface area (Å²) in [6.07, 6.45) is 0. The standard InChI is InChI=1S/C7H4Cl3NO/c8-5-3-1-2-4(6(5)9)7(10)11-12/h1-3,12H. The van der Waals surface area contributed by atoms with Crippen LogP contribution in [0.1, 0.15) is 5.56 Å². The maximum absolute atomic E-state index is 8.36. The van der Waals surface area contributed by atoms with Crippen LogP contribution in [-0.2, 0) is 0 Å². The molecular formula is C7H4Cl3NO. The van der Waals surface area contributed by atoms with Crippen molar-refractivity contribution < 1.29 is 5.21 Å². The molecule has 12 heavy (non-hydrogen) atoms. The third-order valence-corrected chi connectivity index (χ3v) is 2.36. The first-order chi connectivity index (χ1) is 5.66. The number of hydrogen-bond acceptors (Lipinski definition) is 2. The van der Waals surface area contributed by atoms with Gasteiger partial charge in [0.15, 0.2) is 5.17 Å². The molecule has 2 nitrogen and oxygen atoms in total. The zero-order chi connectivity index (χ0) is 9.14. The third kappa shape index (κ3) is 1.83. The molecule has 5 heteroatoms. The van der Waals surface area contributed by atoms with Gasteiger partial charge in [0.2, 0.25) is 0 Å². The van der Waals surface area contributed by atoms with Crippen LogP contribution < -0.4 is 0 Å². The summed E-state index contributed by atoms with van der Waals surface area (Å²) in [5.74, 6) is 0. The summed E-state index contributed by atoms with van der Waals surface area (Å²) < 4.78 is 0. The zero-order valence-electron chi connectivity index (χ0n) is 5.76. The van der Waals surface area contributed by atoms with Crippen LogP contribution in [0, 0.1) is 0 Å². The number of benzene rings is 1. The summed E-state index contributed by atoms with van der Waals surface area (Å²) >= 11 is 17.0. The van der Waals surface area contributed by atoms with Gasteiger partial charge >= 0.3 is 0 Å². The maximum Gasteiger partial charge on any atom is 0.176 e. The highest BCUT2D eigenvalue weighted by Crippen LogP contribution is 2.26. The Morgan fingerprint density at radius 2 is 2.00 bits per heavy atom. The lowest BCUT2D eigenvalue weighted by molar-refractivity contribution is 0.321. The molecule has 0 aliphatic carbocycles. The molecule has 0 atom stereocenters. The normalized spacial score (nSPS) is 11.8. The average molecular weight is 224 g/mol. The molecule has 0 amide bonds. The molecule has 0 bridgehead atoms. The van der Waals surface area contributed by atoms with Crippen molar-refractivity contribution in [3.05, 3.63) is 33.8 Å². The molecule has 1 aromatic rings. The SMILES string of the molecule is ON=C(Cl)c1cccc(Cl)c1Cl. The minimum absolute atomic E-state index is 0.0810. The first kappa shape index (κ1) is 9.65. The van der Waals surface area contributed by atoms with Gasteiger partial charge in [-0.2, -0.15) is 0 Å². The summed E-state index contributed by atoms with van der Waals surface area (Å²) in [4.78, 5) is 0. The Hall–Kier alpha value is -0.440. The van der Waals surface area contributed by atoms with Crippen molar-refractivity contribution in [1.29, 1.82) is 0 Å². The van der Waals surface area contributed by atoms with E-state index < -0.39 is 0 Å². The molecule has 0 radical (unpaired) electrons. The van der Waals surface area contributed by atoms with Crippen molar-refractivity contribution in [2.45, 2.75) is 0 Å². The number of nitrogens with zero attached hydrogens (tertiary/aromatic N) is 1. The van der Waals surface area contributed by atoms with Crippen LogP contribution in [0.15, 0.2) is 23.4 Å². The second-order valence-electron chi connectivity index (χ2n) is 1.99. The minimum Gasteiger partial charge on any atom is -0.410 e. The van der Waals surface area contributed by atoms with Gasteiger partial charge in [-0.3, -0.25) is 0 Å². The third-order valence-electron chi connectivity index (χ3n) is 1.26. The number of rotatable bonds is 1. The molecule has 0 fully saturated rings. The highest BCUT2D eigenvalue weighted by atomic mass is 35.5. The van der Waals surface area contributed by atoms with Gasteiger partial charge in [0.1, 0.15) is 0 Å². The summed E-state index contributed by atoms with van der Waals surface area (Å²) in [7, 11) is 0. The molecule has 1 N–H and O–H groups in total. The Labute approximate surface area is 84.3 Å². The number of hydrogen-bond donors (Lipinski definition) is 1. The van der Waals surface area contributed by atoms with E-state index in [-0.39, 0.29) is 10.2 Å². The zero-order valence-corrected chi connectivity index (χ0v) is 8.03. The van der Waals surface area contributed by atoms with Gasteiger partial charge in [-0.1, -0.05) is 52.1 Å². The topological polar surface area (TPSA) is 32.6 Å². The second-order valence-corrected chi connectivity index (χ2v) is 3.14. The molecule has 0 aliphatic rings. The lowest BCUT2D eigenvalue weighted by Crippen LogP contribution is -1.92. The lowest BCUT2D eigenvalue weighted by Gasteiger charge is -2.00. The molecule has 0 aliphatic heterocycles.